The van der Waals surface area contributed by atoms with E-state index in [1.54, 1.807) is 11.8 Å². The Kier molecular flexibility index (Phi) is 2.97. The minimum Gasteiger partial charge on any atom is -0.395 e. The smallest absolute Gasteiger partial charge is 0.222 e. The SMILES string of the molecule is CC1CSc2c(NCCO)nc(N)nc21. The summed E-state index contributed by atoms with van der Waals surface area (Å²) >= 11 is 1.74. The van der Waals surface area contributed by atoms with Crippen molar-refractivity contribution in [1.29, 1.82) is 0 Å². The number of hydrogen-bond acceptors (Lipinski definition) is 6. The Hall–Kier alpha value is -1.01. The molecule has 1 aliphatic rings. The topological polar surface area (TPSA) is 84.1 Å². The first-order chi connectivity index (χ1) is 7.22. The third-order valence-corrected chi connectivity index (χ3v) is 3.62. The summed E-state index contributed by atoms with van der Waals surface area (Å²) in [5.41, 5.74) is 6.65. The van der Waals surface area contributed by atoms with Crippen molar-refractivity contribution in [1.82, 2.24) is 9.97 Å². The van der Waals surface area contributed by atoms with Gasteiger partial charge in [-0.25, -0.2) is 4.98 Å². The van der Waals surface area contributed by atoms with Gasteiger partial charge in [0.15, 0.2) is 0 Å². The lowest BCUT2D eigenvalue weighted by atomic mass is 10.1. The van der Waals surface area contributed by atoms with Crippen LogP contribution in [0.1, 0.15) is 18.5 Å². The Morgan fingerprint density at radius 3 is 3.13 bits per heavy atom. The second-order valence-electron chi connectivity index (χ2n) is 3.51. The van der Waals surface area contributed by atoms with Crippen molar-refractivity contribution in [2.24, 2.45) is 0 Å². The highest BCUT2D eigenvalue weighted by Gasteiger charge is 2.25. The zero-order chi connectivity index (χ0) is 10.8. The third kappa shape index (κ3) is 2.00. The minimum absolute atomic E-state index is 0.0822. The number of nitrogen functional groups attached to an aromatic ring is 1. The second-order valence-corrected chi connectivity index (χ2v) is 4.54. The number of anilines is 2. The van der Waals surface area contributed by atoms with Gasteiger partial charge in [0.2, 0.25) is 5.95 Å². The van der Waals surface area contributed by atoms with Crippen molar-refractivity contribution in [2.75, 3.05) is 30.0 Å². The zero-order valence-corrected chi connectivity index (χ0v) is 9.34. The van der Waals surface area contributed by atoms with E-state index in [-0.39, 0.29) is 6.61 Å². The number of rotatable bonds is 3. The first-order valence-corrected chi connectivity index (χ1v) is 5.86. The largest absolute Gasteiger partial charge is 0.395 e. The summed E-state index contributed by atoms with van der Waals surface area (Å²) in [7, 11) is 0. The van der Waals surface area contributed by atoms with Crippen molar-refractivity contribution >= 4 is 23.5 Å². The summed E-state index contributed by atoms with van der Waals surface area (Å²) in [5.74, 6) is 2.48. The quantitative estimate of drug-likeness (QED) is 0.702. The fraction of sp³-hybridized carbons (Fsp3) is 0.556. The molecular formula is C9H14N4OS. The Morgan fingerprint density at radius 1 is 1.60 bits per heavy atom. The Labute approximate surface area is 92.5 Å². The van der Waals surface area contributed by atoms with Crippen molar-refractivity contribution < 1.29 is 5.11 Å². The van der Waals surface area contributed by atoms with Crippen LogP contribution in [0, 0.1) is 0 Å². The molecule has 1 unspecified atom stereocenters. The molecule has 6 heteroatoms. The molecule has 0 aromatic carbocycles. The molecule has 2 heterocycles. The molecule has 1 atom stereocenters. The van der Waals surface area contributed by atoms with Gasteiger partial charge in [-0.05, 0) is 0 Å². The number of fused-ring (bicyclic) bond motifs is 1. The Balaban J connectivity index is 2.34. The average Bonchev–Trinajstić information content (AvgIpc) is 2.57. The van der Waals surface area contributed by atoms with Crippen molar-refractivity contribution in [2.45, 2.75) is 17.7 Å². The van der Waals surface area contributed by atoms with Crippen LogP contribution in [0.3, 0.4) is 0 Å². The Bertz CT molecular complexity index is 371. The van der Waals surface area contributed by atoms with E-state index in [4.69, 9.17) is 10.8 Å². The van der Waals surface area contributed by atoms with E-state index in [1.807, 2.05) is 0 Å². The molecule has 0 aliphatic carbocycles. The first kappa shape index (κ1) is 10.5. The van der Waals surface area contributed by atoms with Gasteiger partial charge < -0.3 is 16.2 Å². The number of hydrogen-bond donors (Lipinski definition) is 3. The molecular weight excluding hydrogens is 212 g/mol. The summed E-state index contributed by atoms with van der Waals surface area (Å²) in [6.07, 6.45) is 0. The average molecular weight is 226 g/mol. The van der Waals surface area contributed by atoms with E-state index in [0.717, 1.165) is 22.2 Å². The van der Waals surface area contributed by atoms with Gasteiger partial charge >= 0.3 is 0 Å². The predicted octanol–water partition coefficient (Wildman–Crippen LogP) is 0.672. The van der Waals surface area contributed by atoms with E-state index in [1.165, 1.54) is 0 Å². The van der Waals surface area contributed by atoms with Crippen molar-refractivity contribution in [3.8, 4) is 0 Å². The van der Waals surface area contributed by atoms with E-state index in [9.17, 15) is 0 Å². The maximum atomic E-state index is 8.75. The Morgan fingerprint density at radius 2 is 2.40 bits per heavy atom. The number of nitrogens with one attached hydrogen (secondary N) is 1. The third-order valence-electron chi connectivity index (χ3n) is 2.26. The van der Waals surface area contributed by atoms with Crippen LogP contribution < -0.4 is 11.1 Å². The summed E-state index contributed by atoms with van der Waals surface area (Å²) in [4.78, 5) is 9.46. The second kappa shape index (κ2) is 4.24. The lowest BCUT2D eigenvalue weighted by Crippen LogP contribution is -2.11. The predicted molar refractivity (Wildman–Crippen MR) is 61.2 cm³/mol. The number of aromatic nitrogens is 2. The first-order valence-electron chi connectivity index (χ1n) is 4.87. The number of aliphatic hydroxyl groups excluding tert-OH is 1. The molecule has 1 aliphatic heterocycles. The van der Waals surface area contributed by atoms with Crippen LogP contribution in [-0.4, -0.2) is 34.0 Å². The van der Waals surface area contributed by atoms with Gasteiger partial charge in [0, 0.05) is 18.2 Å². The highest BCUT2D eigenvalue weighted by molar-refractivity contribution is 7.99. The van der Waals surface area contributed by atoms with E-state index < -0.39 is 0 Å². The molecule has 0 radical (unpaired) electrons. The molecule has 0 saturated carbocycles. The van der Waals surface area contributed by atoms with Crippen LogP contribution in [0.25, 0.3) is 0 Å². The maximum absolute atomic E-state index is 8.75. The normalized spacial score (nSPS) is 18.9. The fourth-order valence-corrected chi connectivity index (χ4v) is 2.77. The molecule has 0 amide bonds. The van der Waals surface area contributed by atoms with Gasteiger partial charge in [0.05, 0.1) is 17.2 Å². The molecule has 0 spiro atoms. The van der Waals surface area contributed by atoms with Crippen LogP contribution in [0.15, 0.2) is 4.90 Å². The van der Waals surface area contributed by atoms with Crippen LogP contribution in [0.4, 0.5) is 11.8 Å². The van der Waals surface area contributed by atoms with Crippen molar-refractivity contribution in [3.05, 3.63) is 5.69 Å². The minimum atomic E-state index is 0.0822. The zero-order valence-electron chi connectivity index (χ0n) is 8.53. The molecule has 5 nitrogen and oxygen atoms in total. The highest BCUT2D eigenvalue weighted by atomic mass is 32.2. The number of nitrogens with two attached hydrogens (primary N) is 1. The molecule has 15 heavy (non-hydrogen) atoms. The van der Waals surface area contributed by atoms with E-state index in [0.29, 0.717) is 18.4 Å². The van der Waals surface area contributed by atoms with Crippen LogP contribution in [0.2, 0.25) is 0 Å². The molecule has 1 aromatic rings. The molecule has 82 valence electrons. The molecule has 0 bridgehead atoms. The van der Waals surface area contributed by atoms with Gasteiger partial charge in [0.1, 0.15) is 5.82 Å². The summed E-state index contributed by atoms with van der Waals surface area (Å²) in [6.45, 7) is 2.69. The van der Waals surface area contributed by atoms with E-state index >= 15 is 0 Å². The van der Waals surface area contributed by atoms with Crippen molar-refractivity contribution in [3.63, 3.8) is 0 Å². The van der Waals surface area contributed by atoms with Crippen LogP contribution >= 0.6 is 11.8 Å². The summed E-state index contributed by atoms with van der Waals surface area (Å²) in [5, 5.41) is 11.8. The number of aliphatic hydroxyl groups is 1. The van der Waals surface area contributed by atoms with Gasteiger partial charge in [-0.3, -0.25) is 0 Å². The monoisotopic (exact) mass is 226 g/mol. The molecule has 1 aromatic heterocycles. The van der Waals surface area contributed by atoms with Gasteiger partial charge in [0.25, 0.3) is 0 Å². The van der Waals surface area contributed by atoms with Gasteiger partial charge in [-0.2, -0.15) is 4.98 Å². The maximum Gasteiger partial charge on any atom is 0.222 e. The lowest BCUT2D eigenvalue weighted by Gasteiger charge is -2.09. The standard InChI is InChI=1S/C9H14N4OS/c1-5-4-15-7-6(5)12-9(10)13-8(7)11-2-3-14/h5,14H,2-4H2,1H3,(H3,10,11,12,13). The van der Waals surface area contributed by atoms with Crippen LogP contribution in [-0.2, 0) is 0 Å². The number of thioether (sulfide) groups is 1. The molecule has 0 saturated heterocycles. The lowest BCUT2D eigenvalue weighted by molar-refractivity contribution is 0.311. The van der Waals surface area contributed by atoms with E-state index in [2.05, 4.69) is 22.2 Å². The fourth-order valence-electron chi connectivity index (χ4n) is 1.54. The number of nitrogens with zero attached hydrogens (tertiary/aromatic N) is 2. The highest BCUT2D eigenvalue weighted by Crippen LogP contribution is 2.41. The molecule has 0 fully saturated rings. The molecule has 2 rings (SSSR count). The van der Waals surface area contributed by atoms with Gasteiger partial charge in [-0.15, -0.1) is 11.8 Å². The summed E-state index contributed by atoms with van der Waals surface area (Å²) < 4.78 is 0. The molecule has 4 N–H and O–H groups in total. The van der Waals surface area contributed by atoms with Gasteiger partial charge in [-0.1, -0.05) is 6.92 Å². The van der Waals surface area contributed by atoms with Crippen LogP contribution in [0.5, 0.6) is 0 Å². The summed E-state index contributed by atoms with van der Waals surface area (Å²) in [6, 6.07) is 0.